The van der Waals surface area contributed by atoms with E-state index in [9.17, 15) is 4.79 Å². The van der Waals surface area contributed by atoms with Crippen LogP contribution in [0.15, 0.2) is 11.1 Å². The van der Waals surface area contributed by atoms with Gasteiger partial charge >= 0.3 is 0 Å². The summed E-state index contributed by atoms with van der Waals surface area (Å²) in [7, 11) is 0. The molecule has 1 aromatic heterocycles. The van der Waals surface area contributed by atoms with Crippen LogP contribution in [0.4, 0.5) is 5.82 Å². The van der Waals surface area contributed by atoms with Crippen LogP contribution >= 0.6 is 12.6 Å². The van der Waals surface area contributed by atoms with E-state index < -0.39 is 5.54 Å². The molecule has 0 unspecified atom stereocenters. The van der Waals surface area contributed by atoms with E-state index in [1.165, 1.54) is 0 Å². The molecule has 1 rings (SSSR count). The van der Waals surface area contributed by atoms with Crippen molar-refractivity contribution in [2.24, 2.45) is 0 Å². The predicted molar refractivity (Wildman–Crippen MR) is 57.8 cm³/mol. The number of aromatic nitrogens is 2. The zero-order valence-electron chi connectivity index (χ0n) is 8.40. The van der Waals surface area contributed by atoms with Gasteiger partial charge in [0.1, 0.15) is 17.9 Å². The summed E-state index contributed by atoms with van der Waals surface area (Å²) in [5.41, 5.74) is -0.641. The van der Waals surface area contributed by atoms with Crippen LogP contribution in [0.25, 0.3) is 0 Å². The van der Waals surface area contributed by atoms with Crippen molar-refractivity contribution in [1.29, 1.82) is 0 Å². The van der Waals surface area contributed by atoms with E-state index in [1.807, 2.05) is 0 Å². The van der Waals surface area contributed by atoms with Crippen molar-refractivity contribution in [2.45, 2.75) is 31.2 Å². The molecule has 0 aliphatic carbocycles. The fourth-order valence-corrected chi connectivity index (χ4v) is 1.05. The SMILES string of the molecule is Cc1ncc(S)c(NC(C)(C)C=O)n1. The summed E-state index contributed by atoms with van der Waals surface area (Å²) in [4.78, 5) is 19.5. The van der Waals surface area contributed by atoms with Crippen LogP contribution in [0.2, 0.25) is 0 Å². The van der Waals surface area contributed by atoms with Gasteiger partial charge in [0.2, 0.25) is 0 Å². The first-order chi connectivity index (χ1) is 6.44. The van der Waals surface area contributed by atoms with Gasteiger partial charge in [-0.1, -0.05) is 0 Å². The van der Waals surface area contributed by atoms with Crippen LogP contribution in [0, 0.1) is 6.92 Å². The van der Waals surface area contributed by atoms with E-state index in [2.05, 4.69) is 27.9 Å². The summed E-state index contributed by atoms with van der Waals surface area (Å²) in [5, 5.41) is 2.98. The van der Waals surface area contributed by atoms with E-state index in [0.717, 1.165) is 6.29 Å². The van der Waals surface area contributed by atoms with Crippen LogP contribution < -0.4 is 5.32 Å². The second kappa shape index (κ2) is 3.96. The van der Waals surface area contributed by atoms with E-state index in [1.54, 1.807) is 27.0 Å². The van der Waals surface area contributed by atoms with E-state index >= 15 is 0 Å². The predicted octanol–water partition coefficient (Wildman–Crippen LogP) is 1.46. The summed E-state index contributed by atoms with van der Waals surface area (Å²) < 4.78 is 0. The van der Waals surface area contributed by atoms with Crippen LogP contribution in [-0.4, -0.2) is 21.8 Å². The van der Waals surface area contributed by atoms with Crippen LogP contribution in [0.3, 0.4) is 0 Å². The molecule has 0 aliphatic rings. The van der Waals surface area contributed by atoms with Crippen molar-refractivity contribution >= 4 is 24.7 Å². The molecule has 0 radical (unpaired) electrons. The van der Waals surface area contributed by atoms with Crippen molar-refractivity contribution in [3.05, 3.63) is 12.0 Å². The number of thiol groups is 1. The zero-order valence-corrected chi connectivity index (χ0v) is 9.30. The van der Waals surface area contributed by atoms with Gasteiger partial charge < -0.3 is 10.1 Å². The lowest BCUT2D eigenvalue weighted by Gasteiger charge is -2.20. The van der Waals surface area contributed by atoms with Gasteiger partial charge in [-0.15, -0.1) is 12.6 Å². The maximum absolute atomic E-state index is 10.7. The molecular weight excluding hydrogens is 198 g/mol. The number of nitrogens with zero attached hydrogens (tertiary/aromatic N) is 2. The molecular formula is C9H13N3OS. The highest BCUT2D eigenvalue weighted by atomic mass is 32.1. The first-order valence-electron chi connectivity index (χ1n) is 4.22. The Bertz CT molecular complexity index is 352. The minimum atomic E-state index is -0.641. The lowest BCUT2D eigenvalue weighted by molar-refractivity contribution is -0.110. The lowest BCUT2D eigenvalue weighted by atomic mass is 10.1. The Labute approximate surface area is 88.6 Å². The van der Waals surface area contributed by atoms with Crippen molar-refractivity contribution in [3.8, 4) is 0 Å². The zero-order chi connectivity index (χ0) is 10.8. The Kier molecular flexibility index (Phi) is 3.10. The number of carbonyl (C=O) groups is 1. The second-order valence-corrected chi connectivity index (χ2v) is 4.10. The largest absolute Gasteiger partial charge is 0.357 e. The Morgan fingerprint density at radius 2 is 2.21 bits per heavy atom. The van der Waals surface area contributed by atoms with Gasteiger partial charge in [0.25, 0.3) is 0 Å². The normalized spacial score (nSPS) is 11.1. The molecule has 0 fully saturated rings. The molecule has 0 saturated carbocycles. The van der Waals surface area contributed by atoms with Gasteiger partial charge in [0.05, 0.1) is 10.4 Å². The number of rotatable bonds is 3. The minimum Gasteiger partial charge on any atom is -0.357 e. The number of anilines is 1. The highest BCUT2D eigenvalue weighted by Crippen LogP contribution is 2.19. The Morgan fingerprint density at radius 1 is 1.57 bits per heavy atom. The van der Waals surface area contributed by atoms with Crippen LogP contribution in [0.1, 0.15) is 19.7 Å². The third-order valence-electron chi connectivity index (χ3n) is 1.63. The highest BCUT2D eigenvalue weighted by molar-refractivity contribution is 7.80. The van der Waals surface area contributed by atoms with Gasteiger partial charge in [-0.2, -0.15) is 0 Å². The first kappa shape index (κ1) is 11.0. The number of aldehydes is 1. The molecule has 0 atom stereocenters. The van der Waals surface area contributed by atoms with Crippen LogP contribution in [0.5, 0.6) is 0 Å². The summed E-state index contributed by atoms with van der Waals surface area (Å²) in [6, 6.07) is 0. The molecule has 1 N–H and O–H groups in total. The van der Waals surface area contributed by atoms with E-state index in [0.29, 0.717) is 16.5 Å². The molecule has 5 heteroatoms. The molecule has 1 heterocycles. The molecule has 0 spiro atoms. The van der Waals surface area contributed by atoms with Gasteiger partial charge in [-0.3, -0.25) is 0 Å². The molecule has 4 nitrogen and oxygen atoms in total. The van der Waals surface area contributed by atoms with Crippen molar-refractivity contribution in [2.75, 3.05) is 5.32 Å². The number of carbonyl (C=O) groups excluding carboxylic acids is 1. The molecule has 14 heavy (non-hydrogen) atoms. The van der Waals surface area contributed by atoms with Gasteiger partial charge in [-0.25, -0.2) is 9.97 Å². The fourth-order valence-electron chi connectivity index (χ4n) is 0.890. The summed E-state index contributed by atoms with van der Waals surface area (Å²) >= 11 is 4.19. The maximum Gasteiger partial charge on any atom is 0.144 e. The highest BCUT2D eigenvalue weighted by Gasteiger charge is 2.17. The fraction of sp³-hybridized carbons (Fsp3) is 0.444. The van der Waals surface area contributed by atoms with E-state index in [4.69, 9.17) is 0 Å². The summed E-state index contributed by atoms with van der Waals surface area (Å²) in [5.74, 6) is 1.23. The summed E-state index contributed by atoms with van der Waals surface area (Å²) in [6.45, 7) is 5.32. The third-order valence-corrected chi connectivity index (χ3v) is 1.95. The molecule has 0 amide bonds. The Balaban J connectivity index is 2.96. The first-order valence-corrected chi connectivity index (χ1v) is 4.66. The average molecular weight is 211 g/mol. The quantitative estimate of drug-likeness (QED) is 0.587. The molecule has 0 bridgehead atoms. The minimum absolute atomic E-state index is 0.581. The molecule has 0 aliphatic heterocycles. The van der Waals surface area contributed by atoms with Gasteiger partial charge in [0, 0.05) is 6.20 Å². The Morgan fingerprint density at radius 3 is 2.79 bits per heavy atom. The smallest absolute Gasteiger partial charge is 0.144 e. The monoisotopic (exact) mass is 211 g/mol. The standard InChI is InChI=1S/C9H13N3OS/c1-6-10-4-7(14)8(11-6)12-9(2,3)5-13/h4-5,14H,1-3H3,(H,10,11,12). The number of nitrogens with one attached hydrogen (secondary N) is 1. The molecule has 0 saturated heterocycles. The Hall–Kier alpha value is -1.10. The van der Waals surface area contributed by atoms with Crippen LogP contribution in [-0.2, 0) is 4.79 Å². The van der Waals surface area contributed by atoms with Crippen molar-refractivity contribution in [3.63, 3.8) is 0 Å². The third kappa shape index (κ3) is 2.70. The van der Waals surface area contributed by atoms with Gasteiger partial charge in [-0.05, 0) is 20.8 Å². The number of hydrogen-bond acceptors (Lipinski definition) is 5. The molecule has 1 aromatic rings. The van der Waals surface area contributed by atoms with Gasteiger partial charge in [0.15, 0.2) is 0 Å². The van der Waals surface area contributed by atoms with Crippen molar-refractivity contribution in [1.82, 2.24) is 9.97 Å². The lowest BCUT2D eigenvalue weighted by Crippen LogP contribution is -2.33. The molecule has 0 aromatic carbocycles. The second-order valence-electron chi connectivity index (χ2n) is 3.62. The number of aryl methyl sites for hydroxylation is 1. The average Bonchev–Trinajstić information content (AvgIpc) is 2.11. The van der Waals surface area contributed by atoms with Crippen molar-refractivity contribution < 1.29 is 4.79 Å². The topological polar surface area (TPSA) is 54.9 Å². The van der Waals surface area contributed by atoms with E-state index in [-0.39, 0.29) is 0 Å². The maximum atomic E-state index is 10.7. The number of hydrogen-bond donors (Lipinski definition) is 2. The molecule has 76 valence electrons. The summed E-state index contributed by atoms with van der Waals surface area (Å²) in [6.07, 6.45) is 2.44.